The van der Waals surface area contributed by atoms with E-state index in [1.54, 1.807) is 14.2 Å². The molecule has 0 aliphatic heterocycles. The van der Waals surface area contributed by atoms with Crippen molar-refractivity contribution in [2.24, 2.45) is 0 Å². The zero-order valence-corrected chi connectivity index (χ0v) is 10.7. The number of nitrogens with one attached hydrogen (secondary N) is 1. The fourth-order valence-electron chi connectivity index (χ4n) is 1.36. The first-order chi connectivity index (χ1) is 8.77. The number of hydrogen-bond donors (Lipinski definition) is 1. The van der Waals surface area contributed by atoms with Crippen LogP contribution in [0.3, 0.4) is 0 Å². The standard InChI is InChI=1S/C12H19FN2O3/c1-14-8-10-7-11(13)9-15-12(10)18-6-5-17-4-3-16-2/h7,9,14H,3-6,8H2,1-2H3. The molecule has 18 heavy (non-hydrogen) atoms. The van der Waals surface area contributed by atoms with E-state index in [9.17, 15) is 4.39 Å². The molecule has 0 aliphatic carbocycles. The third-order valence-electron chi connectivity index (χ3n) is 2.16. The lowest BCUT2D eigenvalue weighted by Crippen LogP contribution is -2.13. The Morgan fingerprint density at radius 1 is 1.28 bits per heavy atom. The molecule has 102 valence electrons. The summed E-state index contributed by atoms with van der Waals surface area (Å²) in [5.41, 5.74) is 0.689. The summed E-state index contributed by atoms with van der Waals surface area (Å²) < 4.78 is 28.5. The number of halogens is 1. The number of rotatable bonds is 9. The second kappa shape index (κ2) is 8.79. The fourth-order valence-corrected chi connectivity index (χ4v) is 1.36. The van der Waals surface area contributed by atoms with Gasteiger partial charge in [0.2, 0.25) is 5.88 Å². The van der Waals surface area contributed by atoms with Crippen molar-refractivity contribution >= 4 is 0 Å². The van der Waals surface area contributed by atoms with Crippen molar-refractivity contribution in [1.82, 2.24) is 10.3 Å². The van der Waals surface area contributed by atoms with Crippen LogP contribution in [-0.2, 0) is 16.0 Å². The quantitative estimate of drug-likeness (QED) is 0.669. The molecule has 0 spiro atoms. The number of pyridine rings is 1. The summed E-state index contributed by atoms with van der Waals surface area (Å²) in [6, 6.07) is 1.41. The van der Waals surface area contributed by atoms with Crippen molar-refractivity contribution < 1.29 is 18.6 Å². The molecule has 1 heterocycles. The molecule has 0 bridgehead atoms. The Kier molecular flexibility index (Phi) is 7.24. The van der Waals surface area contributed by atoms with Gasteiger partial charge in [0.15, 0.2) is 0 Å². The van der Waals surface area contributed by atoms with E-state index in [-0.39, 0.29) is 5.82 Å². The predicted octanol–water partition coefficient (Wildman–Crippen LogP) is 0.982. The number of aromatic nitrogens is 1. The highest BCUT2D eigenvalue weighted by atomic mass is 19.1. The van der Waals surface area contributed by atoms with Crippen molar-refractivity contribution in [3.8, 4) is 5.88 Å². The van der Waals surface area contributed by atoms with Crippen LogP contribution in [-0.4, -0.2) is 45.6 Å². The molecule has 0 aliphatic rings. The monoisotopic (exact) mass is 258 g/mol. The minimum Gasteiger partial charge on any atom is -0.475 e. The van der Waals surface area contributed by atoms with E-state index in [1.165, 1.54) is 6.07 Å². The van der Waals surface area contributed by atoms with Crippen LogP contribution >= 0.6 is 0 Å². The van der Waals surface area contributed by atoms with E-state index in [2.05, 4.69) is 10.3 Å². The van der Waals surface area contributed by atoms with Gasteiger partial charge in [-0.2, -0.15) is 0 Å². The average molecular weight is 258 g/mol. The third kappa shape index (κ3) is 5.39. The van der Waals surface area contributed by atoms with Gasteiger partial charge in [0, 0.05) is 19.2 Å². The Balaban J connectivity index is 2.36. The Morgan fingerprint density at radius 3 is 2.78 bits per heavy atom. The van der Waals surface area contributed by atoms with Crippen molar-refractivity contribution in [2.45, 2.75) is 6.54 Å². The average Bonchev–Trinajstić information content (AvgIpc) is 2.36. The van der Waals surface area contributed by atoms with E-state index >= 15 is 0 Å². The summed E-state index contributed by atoms with van der Waals surface area (Å²) in [6.07, 6.45) is 1.14. The molecule has 0 amide bonds. The van der Waals surface area contributed by atoms with Crippen LogP contribution in [0.5, 0.6) is 5.88 Å². The SMILES string of the molecule is CNCc1cc(F)cnc1OCCOCCOC. The summed E-state index contributed by atoms with van der Waals surface area (Å²) in [5.74, 6) is 0.0602. The van der Waals surface area contributed by atoms with Gasteiger partial charge in [0.25, 0.3) is 0 Å². The van der Waals surface area contributed by atoms with Crippen LogP contribution in [0, 0.1) is 5.82 Å². The molecule has 0 unspecified atom stereocenters. The Labute approximate surface area is 106 Å². The van der Waals surface area contributed by atoms with Gasteiger partial charge >= 0.3 is 0 Å². The van der Waals surface area contributed by atoms with E-state index < -0.39 is 0 Å². The van der Waals surface area contributed by atoms with E-state index in [1.807, 2.05) is 0 Å². The highest BCUT2D eigenvalue weighted by molar-refractivity contribution is 5.25. The first-order valence-electron chi connectivity index (χ1n) is 5.76. The molecule has 5 nitrogen and oxygen atoms in total. The topological polar surface area (TPSA) is 52.6 Å². The van der Waals surface area contributed by atoms with Crippen LogP contribution in [0.15, 0.2) is 12.3 Å². The Morgan fingerprint density at radius 2 is 2.06 bits per heavy atom. The smallest absolute Gasteiger partial charge is 0.218 e. The number of nitrogens with zero attached hydrogens (tertiary/aromatic N) is 1. The molecule has 0 atom stereocenters. The molecule has 6 heteroatoms. The van der Waals surface area contributed by atoms with Gasteiger partial charge in [-0.3, -0.25) is 0 Å². The highest BCUT2D eigenvalue weighted by Crippen LogP contribution is 2.15. The lowest BCUT2D eigenvalue weighted by Gasteiger charge is -2.10. The first kappa shape index (κ1) is 14.8. The summed E-state index contributed by atoms with van der Waals surface area (Å²) >= 11 is 0. The van der Waals surface area contributed by atoms with Gasteiger partial charge < -0.3 is 19.5 Å². The maximum absolute atomic E-state index is 13.0. The number of methoxy groups -OCH3 is 1. The van der Waals surface area contributed by atoms with Gasteiger partial charge in [0.05, 0.1) is 26.0 Å². The zero-order valence-electron chi connectivity index (χ0n) is 10.7. The Hall–Kier alpha value is -1.24. The highest BCUT2D eigenvalue weighted by Gasteiger charge is 2.06. The molecule has 0 radical (unpaired) electrons. The summed E-state index contributed by atoms with van der Waals surface area (Å²) in [6.45, 7) is 2.41. The second-order valence-electron chi connectivity index (χ2n) is 3.60. The second-order valence-corrected chi connectivity index (χ2v) is 3.60. The normalized spacial score (nSPS) is 10.6. The largest absolute Gasteiger partial charge is 0.475 e. The minimum absolute atomic E-state index is 0.371. The molecular formula is C12H19FN2O3. The molecule has 0 saturated carbocycles. The van der Waals surface area contributed by atoms with Crippen LogP contribution < -0.4 is 10.1 Å². The van der Waals surface area contributed by atoms with Crippen LogP contribution in [0.25, 0.3) is 0 Å². The number of ether oxygens (including phenoxy) is 3. The van der Waals surface area contributed by atoms with Gasteiger partial charge in [-0.05, 0) is 13.1 Å². The molecule has 1 aromatic heterocycles. The first-order valence-corrected chi connectivity index (χ1v) is 5.76. The van der Waals surface area contributed by atoms with E-state index in [0.717, 1.165) is 6.20 Å². The Bertz CT molecular complexity index is 350. The third-order valence-corrected chi connectivity index (χ3v) is 2.16. The van der Waals surface area contributed by atoms with Crippen LogP contribution in [0.2, 0.25) is 0 Å². The van der Waals surface area contributed by atoms with Gasteiger partial charge in [-0.15, -0.1) is 0 Å². The lowest BCUT2D eigenvalue weighted by molar-refractivity contribution is 0.0534. The van der Waals surface area contributed by atoms with Gasteiger partial charge in [0.1, 0.15) is 12.4 Å². The molecule has 0 aromatic carbocycles. The van der Waals surface area contributed by atoms with Crippen molar-refractivity contribution in [3.63, 3.8) is 0 Å². The van der Waals surface area contributed by atoms with Crippen LogP contribution in [0.1, 0.15) is 5.56 Å². The maximum Gasteiger partial charge on any atom is 0.218 e. The molecular weight excluding hydrogens is 239 g/mol. The number of hydrogen-bond acceptors (Lipinski definition) is 5. The summed E-state index contributed by atoms with van der Waals surface area (Å²) in [4.78, 5) is 3.91. The van der Waals surface area contributed by atoms with Crippen molar-refractivity contribution in [2.75, 3.05) is 40.6 Å². The molecule has 0 fully saturated rings. The van der Waals surface area contributed by atoms with E-state index in [0.29, 0.717) is 44.4 Å². The van der Waals surface area contributed by atoms with Crippen molar-refractivity contribution in [1.29, 1.82) is 0 Å². The maximum atomic E-state index is 13.0. The molecule has 0 saturated heterocycles. The van der Waals surface area contributed by atoms with Gasteiger partial charge in [-0.25, -0.2) is 9.37 Å². The predicted molar refractivity (Wildman–Crippen MR) is 65.1 cm³/mol. The van der Waals surface area contributed by atoms with Crippen molar-refractivity contribution in [3.05, 3.63) is 23.6 Å². The molecule has 1 rings (SSSR count). The zero-order chi connectivity index (χ0) is 13.2. The molecule has 1 N–H and O–H groups in total. The van der Waals surface area contributed by atoms with Crippen LogP contribution in [0.4, 0.5) is 4.39 Å². The fraction of sp³-hybridized carbons (Fsp3) is 0.583. The minimum atomic E-state index is -0.371. The summed E-state index contributed by atoms with van der Waals surface area (Å²) in [7, 11) is 3.40. The van der Waals surface area contributed by atoms with Gasteiger partial charge in [-0.1, -0.05) is 0 Å². The summed E-state index contributed by atoms with van der Waals surface area (Å²) in [5, 5.41) is 2.94. The van der Waals surface area contributed by atoms with E-state index in [4.69, 9.17) is 14.2 Å². The lowest BCUT2D eigenvalue weighted by atomic mass is 10.2. The molecule has 1 aromatic rings.